The van der Waals surface area contributed by atoms with E-state index in [-0.39, 0.29) is 17.0 Å². The Labute approximate surface area is 98.9 Å². The van der Waals surface area contributed by atoms with Gasteiger partial charge in [-0.3, -0.25) is 14.9 Å². The van der Waals surface area contributed by atoms with Crippen LogP contribution in [0.15, 0.2) is 30.4 Å². The molecule has 0 atom stereocenters. The Morgan fingerprint density at radius 3 is 2.76 bits per heavy atom. The van der Waals surface area contributed by atoms with Crippen LogP contribution in [0.4, 0.5) is 5.69 Å². The summed E-state index contributed by atoms with van der Waals surface area (Å²) in [5, 5.41) is 10.8. The van der Waals surface area contributed by atoms with E-state index in [9.17, 15) is 14.9 Å². The first kappa shape index (κ1) is 12.9. The summed E-state index contributed by atoms with van der Waals surface area (Å²) in [6.07, 6.45) is 3.60. The molecule has 0 spiro atoms. The van der Waals surface area contributed by atoms with Gasteiger partial charge in [0.2, 0.25) is 0 Å². The monoisotopic (exact) mass is 235 g/mol. The summed E-state index contributed by atoms with van der Waals surface area (Å²) >= 11 is 0. The van der Waals surface area contributed by atoms with Crippen molar-refractivity contribution in [2.75, 3.05) is 6.61 Å². The minimum atomic E-state index is -0.584. The van der Waals surface area contributed by atoms with E-state index >= 15 is 0 Å². The molecule has 0 aliphatic carbocycles. The quantitative estimate of drug-likeness (QED) is 0.340. The zero-order valence-corrected chi connectivity index (χ0v) is 9.67. The van der Waals surface area contributed by atoms with Gasteiger partial charge in [0.25, 0.3) is 5.69 Å². The molecule has 0 N–H and O–H groups in total. The molecule has 17 heavy (non-hydrogen) atoms. The summed E-state index contributed by atoms with van der Waals surface area (Å²) in [7, 11) is 0. The van der Waals surface area contributed by atoms with Crippen LogP contribution in [0.2, 0.25) is 0 Å². The number of hydrogen-bond donors (Lipinski definition) is 0. The molecule has 5 heteroatoms. The number of ether oxygens (including phenoxy) is 1. The second-order valence-electron chi connectivity index (χ2n) is 3.37. The number of carbonyl (C=O) groups is 1. The molecule has 0 fully saturated rings. The molecule has 0 saturated carbocycles. The molecule has 1 aromatic carbocycles. The maximum Gasteiger partial charge on any atom is 0.283 e. The Balaban J connectivity index is 3.01. The molecule has 0 aliphatic rings. The number of nitrogens with zero attached hydrogens (tertiary/aromatic N) is 1. The third kappa shape index (κ3) is 3.41. The highest BCUT2D eigenvalue weighted by Gasteiger charge is 2.18. The van der Waals surface area contributed by atoms with Crippen molar-refractivity contribution in [1.29, 1.82) is 0 Å². The van der Waals surface area contributed by atoms with Crippen molar-refractivity contribution in [2.24, 2.45) is 0 Å². The number of allylic oxidation sites excluding steroid dienone is 1. The molecule has 0 unspecified atom stereocenters. The second kappa shape index (κ2) is 5.79. The second-order valence-corrected chi connectivity index (χ2v) is 3.37. The lowest BCUT2D eigenvalue weighted by molar-refractivity contribution is -0.385. The van der Waals surface area contributed by atoms with E-state index in [1.54, 1.807) is 12.1 Å². The van der Waals surface area contributed by atoms with Gasteiger partial charge in [0.15, 0.2) is 5.78 Å². The fourth-order valence-electron chi connectivity index (χ4n) is 1.29. The van der Waals surface area contributed by atoms with E-state index in [4.69, 9.17) is 4.74 Å². The van der Waals surface area contributed by atoms with Crippen LogP contribution in [0, 0.1) is 10.1 Å². The fraction of sp³-hybridized carbons (Fsp3) is 0.250. The van der Waals surface area contributed by atoms with E-state index in [2.05, 4.69) is 0 Å². The predicted molar refractivity (Wildman–Crippen MR) is 63.4 cm³/mol. The van der Waals surface area contributed by atoms with Gasteiger partial charge in [-0.15, -0.1) is 0 Å². The highest BCUT2D eigenvalue weighted by atomic mass is 16.6. The molecular formula is C12H13NO4. The number of Topliss-reactive ketones (excluding diaryl/α,β-unsaturated/α-hetero) is 1. The van der Waals surface area contributed by atoms with Crippen molar-refractivity contribution in [3.05, 3.63) is 46.0 Å². The van der Waals surface area contributed by atoms with Crippen molar-refractivity contribution >= 4 is 11.5 Å². The maximum atomic E-state index is 11.2. The van der Waals surface area contributed by atoms with Crippen LogP contribution in [-0.4, -0.2) is 17.3 Å². The minimum absolute atomic E-state index is 0.0911. The van der Waals surface area contributed by atoms with Crippen molar-refractivity contribution in [3.63, 3.8) is 0 Å². The van der Waals surface area contributed by atoms with Crippen LogP contribution in [0.25, 0.3) is 0 Å². The molecule has 0 amide bonds. The Hall–Kier alpha value is -2.17. The number of carbonyl (C=O) groups excluding carboxylic acids is 1. The van der Waals surface area contributed by atoms with Crippen molar-refractivity contribution < 1.29 is 14.5 Å². The summed E-state index contributed by atoms with van der Waals surface area (Å²) in [5.41, 5.74) is -0.135. The molecule has 0 radical (unpaired) electrons. The molecular weight excluding hydrogens is 222 g/mol. The van der Waals surface area contributed by atoms with E-state index in [0.717, 1.165) is 0 Å². The lowest BCUT2D eigenvalue weighted by atomic mass is 10.1. The third-order valence-corrected chi connectivity index (χ3v) is 2.13. The minimum Gasteiger partial charge on any atom is -0.489 e. The summed E-state index contributed by atoms with van der Waals surface area (Å²) in [5.74, 6) is 0.0384. The number of hydrogen-bond acceptors (Lipinski definition) is 4. The van der Waals surface area contributed by atoms with Crippen molar-refractivity contribution in [2.45, 2.75) is 13.8 Å². The van der Waals surface area contributed by atoms with E-state index in [0.29, 0.717) is 12.4 Å². The summed E-state index contributed by atoms with van der Waals surface area (Å²) in [6, 6.07) is 4.22. The van der Waals surface area contributed by atoms with Crippen LogP contribution in [0.5, 0.6) is 5.75 Å². The highest BCUT2D eigenvalue weighted by Crippen LogP contribution is 2.25. The predicted octanol–water partition coefficient (Wildman–Crippen LogP) is 2.75. The van der Waals surface area contributed by atoms with Crippen LogP contribution >= 0.6 is 0 Å². The molecule has 1 aromatic rings. The molecule has 5 nitrogen and oxygen atoms in total. The van der Waals surface area contributed by atoms with E-state index < -0.39 is 4.92 Å². The zero-order chi connectivity index (χ0) is 12.8. The maximum absolute atomic E-state index is 11.2. The first-order chi connectivity index (χ1) is 8.06. The topological polar surface area (TPSA) is 69.4 Å². The molecule has 90 valence electrons. The van der Waals surface area contributed by atoms with Gasteiger partial charge in [0.1, 0.15) is 12.4 Å². The molecule has 0 aliphatic heterocycles. The van der Waals surface area contributed by atoms with Gasteiger partial charge in [0, 0.05) is 0 Å². The van der Waals surface area contributed by atoms with E-state index in [1.165, 1.54) is 19.1 Å². The number of ketones is 1. The van der Waals surface area contributed by atoms with Crippen LogP contribution in [0.3, 0.4) is 0 Å². The summed E-state index contributed by atoms with van der Waals surface area (Å²) in [6.45, 7) is 3.49. The first-order valence-corrected chi connectivity index (χ1v) is 5.09. The van der Waals surface area contributed by atoms with Crippen LogP contribution < -0.4 is 4.74 Å². The van der Waals surface area contributed by atoms with E-state index in [1.807, 2.05) is 13.0 Å². The van der Waals surface area contributed by atoms with Crippen LogP contribution in [-0.2, 0) is 0 Å². The van der Waals surface area contributed by atoms with Crippen molar-refractivity contribution in [1.82, 2.24) is 0 Å². The van der Waals surface area contributed by atoms with Gasteiger partial charge in [-0.25, -0.2) is 0 Å². The average molecular weight is 235 g/mol. The SMILES string of the molecule is C/C=C/COc1ccc(C(C)=O)c([N+](=O)[O-])c1. The van der Waals surface area contributed by atoms with Gasteiger partial charge in [-0.1, -0.05) is 12.2 Å². The Kier molecular flexibility index (Phi) is 4.39. The van der Waals surface area contributed by atoms with Gasteiger partial charge in [-0.2, -0.15) is 0 Å². The summed E-state index contributed by atoms with van der Waals surface area (Å²) in [4.78, 5) is 21.4. The third-order valence-electron chi connectivity index (χ3n) is 2.13. The molecule has 0 bridgehead atoms. The Morgan fingerprint density at radius 2 is 2.24 bits per heavy atom. The standard InChI is InChI=1S/C12H13NO4/c1-3-4-7-17-10-5-6-11(9(2)14)12(8-10)13(15)16/h3-6,8H,7H2,1-2H3/b4-3+. The number of benzene rings is 1. The van der Waals surface area contributed by atoms with Gasteiger partial charge in [-0.05, 0) is 26.0 Å². The Bertz CT molecular complexity index is 466. The molecule has 0 aromatic heterocycles. The molecule has 0 heterocycles. The van der Waals surface area contributed by atoms with Gasteiger partial charge >= 0.3 is 0 Å². The molecule has 1 rings (SSSR count). The lowest BCUT2D eigenvalue weighted by Gasteiger charge is -2.04. The van der Waals surface area contributed by atoms with Gasteiger partial charge < -0.3 is 4.74 Å². The highest BCUT2D eigenvalue weighted by molar-refractivity contribution is 5.98. The lowest BCUT2D eigenvalue weighted by Crippen LogP contribution is -2.01. The number of nitro benzene ring substituents is 1. The largest absolute Gasteiger partial charge is 0.489 e. The Morgan fingerprint density at radius 1 is 1.53 bits per heavy atom. The smallest absolute Gasteiger partial charge is 0.283 e. The average Bonchev–Trinajstić information content (AvgIpc) is 2.29. The van der Waals surface area contributed by atoms with Gasteiger partial charge in [0.05, 0.1) is 16.6 Å². The van der Waals surface area contributed by atoms with Crippen molar-refractivity contribution in [3.8, 4) is 5.75 Å². The number of nitro groups is 1. The zero-order valence-electron chi connectivity index (χ0n) is 9.67. The first-order valence-electron chi connectivity index (χ1n) is 5.09. The number of rotatable bonds is 5. The fourth-order valence-corrected chi connectivity index (χ4v) is 1.29. The molecule has 0 saturated heterocycles. The normalized spacial score (nSPS) is 10.5. The summed E-state index contributed by atoms with van der Waals surface area (Å²) < 4.78 is 5.27. The van der Waals surface area contributed by atoms with Crippen LogP contribution in [0.1, 0.15) is 24.2 Å².